The van der Waals surface area contributed by atoms with Crippen molar-refractivity contribution in [3.05, 3.63) is 69.8 Å². The van der Waals surface area contributed by atoms with E-state index in [1.54, 1.807) is 0 Å². The molecule has 0 saturated heterocycles. The number of phenolic OH excluding ortho intramolecular Hbond substituents is 2. The maximum absolute atomic E-state index is 12.0. The van der Waals surface area contributed by atoms with Crippen molar-refractivity contribution in [2.24, 2.45) is 0 Å². The van der Waals surface area contributed by atoms with E-state index in [0.29, 0.717) is 92.1 Å². The molecule has 2 aliphatic carbocycles. The highest BCUT2D eigenvalue weighted by Gasteiger charge is 2.28. The third-order valence-electron chi connectivity index (χ3n) is 9.01. The Balaban J connectivity index is 1.42. The molecule has 0 radical (unpaired) electrons. The van der Waals surface area contributed by atoms with E-state index in [1.165, 1.54) is 22.3 Å². The molecule has 8 heteroatoms. The van der Waals surface area contributed by atoms with Crippen molar-refractivity contribution < 1.29 is 38.6 Å². The van der Waals surface area contributed by atoms with E-state index < -0.39 is 0 Å². The molecule has 2 aromatic rings. The van der Waals surface area contributed by atoms with Crippen molar-refractivity contribution in [3.63, 3.8) is 0 Å². The number of hydrogen-bond donors (Lipinski definition) is 2. The molecule has 0 spiro atoms. The zero-order valence-electron chi connectivity index (χ0n) is 27.5. The summed E-state index contributed by atoms with van der Waals surface area (Å²) in [6.45, 7) is 14.1. The van der Waals surface area contributed by atoms with Gasteiger partial charge in [0.05, 0.1) is 79.3 Å². The van der Waals surface area contributed by atoms with Crippen molar-refractivity contribution in [2.75, 3.05) is 79.3 Å². The summed E-state index contributed by atoms with van der Waals surface area (Å²) in [5, 5.41) is 24.0. The largest absolute Gasteiger partial charge is 0.507 e. The Morgan fingerprint density at radius 1 is 0.435 bits per heavy atom. The lowest BCUT2D eigenvalue weighted by Gasteiger charge is -2.28. The highest BCUT2D eigenvalue weighted by atomic mass is 16.6. The van der Waals surface area contributed by atoms with E-state index in [2.05, 4.69) is 25.3 Å². The average Bonchev–Trinajstić information content (AvgIpc) is 3.05. The summed E-state index contributed by atoms with van der Waals surface area (Å²) in [6.07, 6.45) is 9.10. The Bertz CT molecular complexity index is 1230. The fourth-order valence-corrected chi connectivity index (χ4v) is 6.79. The van der Waals surface area contributed by atoms with Crippen LogP contribution >= 0.6 is 0 Å². The van der Waals surface area contributed by atoms with E-state index in [9.17, 15) is 10.2 Å². The molecule has 4 bridgehead atoms. The number of rotatable bonds is 0. The number of fused-ring (bicyclic) bond motifs is 9. The first-order chi connectivity index (χ1) is 22.5. The van der Waals surface area contributed by atoms with Gasteiger partial charge in [0, 0.05) is 11.1 Å². The summed E-state index contributed by atoms with van der Waals surface area (Å²) in [7, 11) is 0. The van der Waals surface area contributed by atoms with Gasteiger partial charge in [-0.25, -0.2) is 0 Å². The third kappa shape index (κ3) is 9.43. The van der Waals surface area contributed by atoms with Crippen LogP contribution < -0.4 is 0 Å². The Morgan fingerprint density at radius 3 is 1.13 bits per heavy atom. The average molecular weight is 637 g/mol. The maximum atomic E-state index is 12.0. The molecular weight excluding hydrogens is 584 g/mol. The standard InChI is InChI=1S/C38H52O8/c1-27-21-31-23-29-7-3-5-9-33(29)35(37(31)39)36-34-10-6-4-8-30(34)24-32(38(36)40)22-28(2)26-46-20-18-44-16-14-42-12-11-41-13-15-43-17-19-45-25-27/h23-24,39-40H,1-22,25-26H2. The molecule has 46 heavy (non-hydrogen) atoms. The predicted octanol–water partition coefficient (Wildman–Crippen LogP) is 5.83. The molecule has 0 amide bonds. The molecule has 1 heterocycles. The first-order valence-electron chi connectivity index (χ1n) is 17.1. The van der Waals surface area contributed by atoms with Gasteiger partial charge < -0.3 is 38.6 Å². The van der Waals surface area contributed by atoms with Gasteiger partial charge in [-0.3, -0.25) is 0 Å². The van der Waals surface area contributed by atoms with E-state index in [1.807, 2.05) is 0 Å². The molecule has 0 fully saturated rings. The minimum Gasteiger partial charge on any atom is -0.507 e. The van der Waals surface area contributed by atoms with Crippen LogP contribution in [0.1, 0.15) is 59.1 Å². The Morgan fingerprint density at radius 2 is 0.761 bits per heavy atom. The van der Waals surface area contributed by atoms with Crippen LogP contribution in [0.4, 0.5) is 0 Å². The highest BCUT2D eigenvalue weighted by molar-refractivity contribution is 5.85. The second-order valence-electron chi connectivity index (χ2n) is 12.6. The molecular formula is C38H52O8. The van der Waals surface area contributed by atoms with Gasteiger partial charge in [-0.15, -0.1) is 0 Å². The van der Waals surface area contributed by atoms with E-state index in [4.69, 9.17) is 28.4 Å². The number of aromatic hydroxyl groups is 2. The summed E-state index contributed by atoms with van der Waals surface area (Å²) in [5.41, 5.74) is 9.93. The minimum absolute atomic E-state index is 0.256. The second kappa shape index (κ2) is 18.0. The molecule has 0 atom stereocenters. The molecule has 0 unspecified atom stereocenters. The zero-order valence-corrected chi connectivity index (χ0v) is 27.5. The molecule has 3 aliphatic rings. The van der Waals surface area contributed by atoms with Crippen molar-refractivity contribution in [3.8, 4) is 22.6 Å². The van der Waals surface area contributed by atoms with Gasteiger partial charge in [-0.1, -0.05) is 25.3 Å². The van der Waals surface area contributed by atoms with Crippen LogP contribution in [0.25, 0.3) is 11.1 Å². The number of ether oxygens (including phenoxy) is 6. The molecule has 5 rings (SSSR count). The van der Waals surface area contributed by atoms with Gasteiger partial charge >= 0.3 is 0 Å². The quantitative estimate of drug-likeness (QED) is 0.349. The topological polar surface area (TPSA) is 95.8 Å². The minimum atomic E-state index is 0.256. The SMILES string of the molecule is C=C1COCCOCCOCCOCCOCCOCC(=C)Cc2cc3c(c(c2O)-c2c(O)c(cc4c2CCCC4)C1)CCCC3. The lowest BCUT2D eigenvalue weighted by Crippen LogP contribution is -2.15. The van der Waals surface area contributed by atoms with Gasteiger partial charge in [0.1, 0.15) is 11.5 Å². The zero-order chi connectivity index (χ0) is 32.1. The summed E-state index contributed by atoms with van der Waals surface area (Å²) in [4.78, 5) is 0. The Hall–Kier alpha value is -2.72. The van der Waals surface area contributed by atoms with Crippen LogP contribution in [0, 0.1) is 0 Å². The third-order valence-corrected chi connectivity index (χ3v) is 9.01. The fourth-order valence-electron chi connectivity index (χ4n) is 6.79. The smallest absolute Gasteiger partial charge is 0.127 e. The molecule has 2 aromatic carbocycles. The molecule has 252 valence electrons. The molecule has 8 nitrogen and oxygen atoms in total. The van der Waals surface area contributed by atoms with Crippen LogP contribution in [-0.4, -0.2) is 89.5 Å². The number of hydrogen-bond acceptors (Lipinski definition) is 8. The first-order valence-corrected chi connectivity index (χ1v) is 17.1. The fraction of sp³-hybridized carbons (Fsp3) is 0.579. The monoisotopic (exact) mass is 636 g/mol. The van der Waals surface area contributed by atoms with Crippen molar-refractivity contribution in [1.29, 1.82) is 0 Å². The maximum Gasteiger partial charge on any atom is 0.127 e. The summed E-state index contributed by atoms with van der Waals surface area (Å²) in [6, 6.07) is 4.31. The predicted molar refractivity (Wildman–Crippen MR) is 179 cm³/mol. The molecule has 1 aliphatic heterocycles. The Kier molecular flexibility index (Phi) is 13.5. The van der Waals surface area contributed by atoms with Crippen LogP contribution in [0.15, 0.2) is 36.4 Å². The summed E-state index contributed by atoms with van der Waals surface area (Å²) < 4.78 is 34.1. The van der Waals surface area contributed by atoms with Crippen molar-refractivity contribution in [2.45, 2.75) is 64.2 Å². The summed E-state index contributed by atoms with van der Waals surface area (Å²) in [5.74, 6) is 0.511. The van der Waals surface area contributed by atoms with E-state index >= 15 is 0 Å². The normalized spacial score (nSPS) is 20.6. The molecule has 2 N–H and O–H groups in total. The second-order valence-corrected chi connectivity index (χ2v) is 12.6. The van der Waals surface area contributed by atoms with Crippen LogP contribution in [0.2, 0.25) is 0 Å². The lowest BCUT2D eigenvalue weighted by molar-refractivity contribution is -0.0150. The summed E-state index contributed by atoms with van der Waals surface area (Å²) >= 11 is 0. The lowest BCUT2D eigenvalue weighted by atomic mass is 9.77. The van der Waals surface area contributed by atoms with Crippen LogP contribution in [0.5, 0.6) is 11.5 Å². The van der Waals surface area contributed by atoms with Gasteiger partial charge in [0.2, 0.25) is 0 Å². The number of phenols is 2. The van der Waals surface area contributed by atoms with E-state index in [0.717, 1.165) is 84.8 Å². The molecule has 0 saturated carbocycles. The van der Waals surface area contributed by atoms with Crippen molar-refractivity contribution >= 4 is 0 Å². The van der Waals surface area contributed by atoms with Gasteiger partial charge in [-0.05, 0) is 109 Å². The molecule has 0 aromatic heterocycles. The number of aryl methyl sites for hydroxylation is 2. The Labute approximate surface area is 274 Å². The van der Waals surface area contributed by atoms with Crippen molar-refractivity contribution in [1.82, 2.24) is 0 Å². The highest BCUT2D eigenvalue weighted by Crippen LogP contribution is 2.49. The van der Waals surface area contributed by atoms with Gasteiger partial charge in [-0.2, -0.15) is 0 Å². The van der Waals surface area contributed by atoms with Crippen LogP contribution in [0.3, 0.4) is 0 Å². The van der Waals surface area contributed by atoms with Gasteiger partial charge in [0.15, 0.2) is 0 Å². The van der Waals surface area contributed by atoms with Gasteiger partial charge in [0.25, 0.3) is 0 Å². The first kappa shape index (κ1) is 34.6. The number of benzene rings is 2. The van der Waals surface area contributed by atoms with E-state index in [-0.39, 0.29) is 11.5 Å². The van der Waals surface area contributed by atoms with Crippen LogP contribution in [-0.2, 0) is 66.9 Å².